The molecule has 1 aromatic heterocycles. The van der Waals surface area contributed by atoms with Crippen LogP contribution in [0.4, 0.5) is 4.39 Å². The second-order valence-electron chi connectivity index (χ2n) is 7.03. The maximum absolute atomic E-state index is 13.6. The summed E-state index contributed by atoms with van der Waals surface area (Å²) in [5, 5.41) is 15.3. The van der Waals surface area contributed by atoms with Gasteiger partial charge in [0.25, 0.3) is 0 Å². The average molecular weight is 372 g/mol. The third kappa shape index (κ3) is 5.28. The molecule has 0 spiro atoms. The summed E-state index contributed by atoms with van der Waals surface area (Å²) in [5.74, 6) is 2.77. The van der Waals surface area contributed by atoms with E-state index in [2.05, 4.69) is 30.4 Å². The first-order chi connectivity index (χ1) is 13.2. The molecule has 3 rings (SSSR count). The predicted octanol–water partition coefficient (Wildman–Crippen LogP) is 2.75. The molecule has 0 fully saturated rings. The van der Waals surface area contributed by atoms with Crippen LogP contribution >= 0.6 is 0 Å². The Morgan fingerprint density at radius 2 is 2.11 bits per heavy atom. The van der Waals surface area contributed by atoms with Crippen molar-refractivity contribution in [2.75, 3.05) is 13.6 Å². The van der Waals surface area contributed by atoms with Crippen molar-refractivity contribution in [3.8, 4) is 0 Å². The summed E-state index contributed by atoms with van der Waals surface area (Å²) in [7, 11) is 1.74. The number of nitrogens with one attached hydrogen (secondary N) is 2. The van der Waals surface area contributed by atoms with Gasteiger partial charge in [-0.25, -0.2) is 4.39 Å². The van der Waals surface area contributed by atoms with Crippen LogP contribution < -0.4 is 10.6 Å². The largest absolute Gasteiger partial charge is 0.356 e. The molecule has 1 aliphatic heterocycles. The zero-order valence-corrected chi connectivity index (χ0v) is 16.3. The van der Waals surface area contributed by atoms with Crippen LogP contribution in [0, 0.1) is 12.7 Å². The fraction of sp³-hybridized carbons (Fsp3) is 0.550. The summed E-state index contributed by atoms with van der Waals surface area (Å²) < 4.78 is 15.9. The summed E-state index contributed by atoms with van der Waals surface area (Å²) in [6, 6.07) is 5.28. The molecule has 0 saturated heterocycles. The Labute approximate surface area is 160 Å². The van der Waals surface area contributed by atoms with Gasteiger partial charge >= 0.3 is 0 Å². The standard InChI is InChI=1S/C20H29FN6/c1-15-9-10-16(13-17(15)21)14-24-20(22-2)23-11-6-8-19-26-25-18-7-4-3-5-12-27(18)19/h9-10,13H,3-8,11-12,14H2,1-2H3,(H2,22,23,24). The lowest BCUT2D eigenvalue weighted by molar-refractivity contribution is 0.593. The summed E-state index contributed by atoms with van der Waals surface area (Å²) >= 11 is 0. The molecule has 6 nitrogen and oxygen atoms in total. The molecule has 7 heteroatoms. The normalized spacial score (nSPS) is 14.6. The number of aromatic nitrogens is 3. The van der Waals surface area contributed by atoms with E-state index in [1.807, 2.05) is 6.07 Å². The number of rotatable bonds is 6. The monoisotopic (exact) mass is 372 g/mol. The van der Waals surface area contributed by atoms with Gasteiger partial charge in [0.1, 0.15) is 17.5 Å². The lowest BCUT2D eigenvalue weighted by Gasteiger charge is -2.12. The molecule has 0 radical (unpaired) electrons. The zero-order chi connectivity index (χ0) is 19.1. The first-order valence-corrected chi connectivity index (χ1v) is 9.78. The van der Waals surface area contributed by atoms with Gasteiger partial charge in [0.05, 0.1) is 0 Å². The molecule has 0 amide bonds. The van der Waals surface area contributed by atoms with Crippen LogP contribution in [0.15, 0.2) is 23.2 Å². The van der Waals surface area contributed by atoms with Gasteiger partial charge in [-0.1, -0.05) is 18.6 Å². The molecule has 146 valence electrons. The summed E-state index contributed by atoms with van der Waals surface area (Å²) in [6.07, 6.45) is 6.61. The van der Waals surface area contributed by atoms with Gasteiger partial charge in [0.15, 0.2) is 5.96 Å². The SMILES string of the molecule is CN=C(NCCCc1nnc2n1CCCCC2)NCc1ccc(C)c(F)c1. The predicted molar refractivity (Wildman–Crippen MR) is 105 cm³/mol. The van der Waals surface area contributed by atoms with E-state index < -0.39 is 0 Å². The van der Waals surface area contributed by atoms with E-state index in [9.17, 15) is 4.39 Å². The lowest BCUT2D eigenvalue weighted by Crippen LogP contribution is -2.37. The molecule has 2 heterocycles. The van der Waals surface area contributed by atoms with Crippen molar-refractivity contribution in [3.05, 3.63) is 46.8 Å². The van der Waals surface area contributed by atoms with E-state index in [4.69, 9.17) is 0 Å². The van der Waals surface area contributed by atoms with Crippen molar-refractivity contribution in [3.63, 3.8) is 0 Å². The third-order valence-corrected chi connectivity index (χ3v) is 4.98. The van der Waals surface area contributed by atoms with Crippen molar-refractivity contribution in [1.82, 2.24) is 25.4 Å². The van der Waals surface area contributed by atoms with Gasteiger partial charge in [-0.05, 0) is 43.4 Å². The van der Waals surface area contributed by atoms with Crippen molar-refractivity contribution < 1.29 is 4.39 Å². The molecule has 1 aliphatic rings. The number of hydrogen-bond donors (Lipinski definition) is 2. The summed E-state index contributed by atoms with van der Waals surface area (Å²) in [4.78, 5) is 4.23. The molecule has 0 saturated carbocycles. The molecule has 0 aliphatic carbocycles. The Morgan fingerprint density at radius 3 is 2.93 bits per heavy atom. The van der Waals surface area contributed by atoms with E-state index in [1.165, 1.54) is 19.3 Å². The number of guanidine groups is 1. The number of nitrogens with zero attached hydrogens (tertiary/aromatic N) is 4. The van der Waals surface area contributed by atoms with E-state index in [0.717, 1.165) is 55.5 Å². The van der Waals surface area contributed by atoms with Crippen molar-refractivity contribution in [2.24, 2.45) is 4.99 Å². The van der Waals surface area contributed by atoms with Gasteiger partial charge in [-0.15, -0.1) is 10.2 Å². The topological polar surface area (TPSA) is 67.1 Å². The van der Waals surface area contributed by atoms with E-state index in [1.54, 1.807) is 26.1 Å². The number of fused-ring (bicyclic) bond motifs is 1. The maximum Gasteiger partial charge on any atom is 0.191 e. The van der Waals surface area contributed by atoms with E-state index in [0.29, 0.717) is 12.1 Å². The molecule has 0 unspecified atom stereocenters. The Hall–Kier alpha value is -2.44. The molecule has 2 N–H and O–H groups in total. The van der Waals surface area contributed by atoms with Crippen LogP contribution in [0.2, 0.25) is 0 Å². The Balaban J connectivity index is 1.42. The lowest BCUT2D eigenvalue weighted by atomic mass is 10.1. The van der Waals surface area contributed by atoms with Crippen LogP contribution in [0.3, 0.4) is 0 Å². The van der Waals surface area contributed by atoms with Crippen LogP contribution in [0.5, 0.6) is 0 Å². The van der Waals surface area contributed by atoms with Gasteiger partial charge in [-0.3, -0.25) is 4.99 Å². The smallest absolute Gasteiger partial charge is 0.191 e. The molecule has 2 aromatic rings. The fourth-order valence-corrected chi connectivity index (χ4v) is 3.34. The number of hydrogen-bond acceptors (Lipinski definition) is 3. The van der Waals surface area contributed by atoms with E-state index >= 15 is 0 Å². The Bertz CT molecular complexity index is 783. The van der Waals surface area contributed by atoms with Gasteiger partial charge in [0.2, 0.25) is 0 Å². The molecular formula is C20H29FN6. The maximum atomic E-state index is 13.6. The van der Waals surface area contributed by atoms with Crippen molar-refractivity contribution >= 4 is 5.96 Å². The number of benzene rings is 1. The van der Waals surface area contributed by atoms with E-state index in [-0.39, 0.29) is 5.82 Å². The van der Waals surface area contributed by atoms with Crippen LogP contribution in [0.1, 0.15) is 48.5 Å². The highest BCUT2D eigenvalue weighted by atomic mass is 19.1. The van der Waals surface area contributed by atoms with Crippen LogP contribution in [-0.4, -0.2) is 34.3 Å². The molecule has 1 aromatic carbocycles. The average Bonchev–Trinajstić information content (AvgIpc) is 2.90. The highest BCUT2D eigenvalue weighted by molar-refractivity contribution is 5.79. The minimum atomic E-state index is -0.176. The van der Waals surface area contributed by atoms with Gasteiger partial charge < -0.3 is 15.2 Å². The second kappa shape index (κ2) is 9.48. The quantitative estimate of drug-likeness (QED) is 0.465. The Morgan fingerprint density at radius 1 is 1.22 bits per heavy atom. The molecule has 0 atom stereocenters. The van der Waals surface area contributed by atoms with Gasteiger partial charge in [-0.2, -0.15) is 0 Å². The van der Waals surface area contributed by atoms with Crippen molar-refractivity contribution in [1.29, 1.82) is 0 Å². The molecular weight excluding hydrogens is 343 g/mol. The van der Waals surface area contributed by atoms with Gasteiger partial charge in [0, 0.05) is 39.5 Å². The third-order valence-electron chi connectivity index (χ3n) is 4.98. The second-order valence-corrected chi connectivity index (χ2v) is 7.03. The zero-order valence-electron chi connectivity index (χ0n) is 16.3. The molecule has 27 heavy (non-hydrogen) atoms. The fourth-order valence-electron chi connectivity index (χ4n) is 3.34. The Kier molecular flexibility index (Phi) is 6.79. The minimum absolute atomic E-state index is 0.176. The summed E-state index contributed by atoms with van der Waals surface area (Å²) in [6.45, 7) is 4.14. The summed E-state index contributed by atoms with van der Waals surface area (Å²) in [5.41, 5.74) is 1.56. The number of aliphatic imine (C=N–C) groups is 1. The number of halogens is 1. The highest BCUT2D eigenvalue weighted by Crippen LogP contribution is 2.15. The molecule has 0 bridgehead atoms. The first-order valence-electron chi connectivity index (χ1n) is 9.78. The highest BCUT2D eigenvalue weighted by Gasteiger charge is 2.14. The number of aryl methyl sites for hydroxylation is 3. The van der Waals surface area contributed by atoms with Crippen molar-refractivity contribution in [2.45, 2.75) is 58.5 Å². The van der Waals surface area contributed by atoms with Crippen LogP contribution in [-0.2, 0) is 25.9 Å². The minimum Gasteiger partial charge on any atom is -0.356 e. The first kappa shape index (κ1) is 19.3. The van der Waals surface area contributed by atoms with Crippen LogP contribution in [0.25, 0.3) is 0 Å².